The van der Waals surface area contributed by atoms with Crippen molar-refractivity contribution in [2.24, 2.45) is 0 Å². The molecule has 0 bridgehead atoms. The van der Waals surface area contributed by atoms with Crippen LogP contribution < -0.4 is 4.74 Å². The molecule has 3 heteroatoms. The molecule has 2 nitrogen and oxygen atoms in total. The van der Waals surface area contributed by atoms with Crippen LogP contribution in [0.25, 0.3) is 0 Å². The summed E-state index contributed by atoms with van der Waals surface area (Å²) in [5.74, 6) is 0.918. The third kappa shape index (κ3) is 3.17. The molecule has 0 radical (unpaired) electrons. The lowest BCUT2D eigenvalue weighted by molar-refractivity contribution is 0.206. The van der Waals surface area contributed by atoms with E-state index in [-0.39, 0.29) is 12.0 Å². The van der Waals surface area contributed by atoms with Crippen LogP contribution in [0.3, 0.4) is 0 Å². The van der Waals surface area contributed by atoms with Crippen molar-refractivity contribution in [3.63, 3.8) is 0 Å². The highest BCUT2D eigenvalue weighted by atomic mass is 32.1. The summed E-state index contributed by atoms with van der Waals surface area (Å²) in [5, 5.41) is 11.9. The van der Waals surface area contributed by atoms with Crippen LogP contribution in [-0.4, -0.2) is 18.3 Å². The number of ether oxygens (including phenoxy) is 1. The molecule has 0 amide bonds. The minimum Gasteiger partial charge on any atom is -0.494 e. The van der Waals surface area contributed by atoms with Crippen molar-refractivity contribution in [3.05, 3.63) is 52.2 Å². The normalized spacial score (nSPS) is 14.1. The van der Waals surface area contributed by atoms with Gasteiger partial charge in [0.1, 0.15) is 5.75 Å². The van der Waals surface area contributed by atoms with Gasteiger partial charge >= 0.3 is 0 Å². The second kappa shape index (κ2) is 6.22. The molecule has 1 aromatic carbocycles. The van der Waals surface area contributed by atoms with Crippen LogP contribution in [0.2, 0.25) is 0 Å². The van der Waals surface area contributed by atoms with E-state index in [0.717, 1.165) is 17.7 Å². The molecule has 0 saturated carbocycles. The van der Waals surface area contributed by atoms with Crippen molar-refractivity contribution in [1.29, 1.82) is 0 Å². The maximum atomic E-state index is 9.81. The van der Waals surface area contributed by atoms with Crippen molar-refractivity contribution in [1.82, 2.24) is 0 Å². The van der Waals surface area contributed by atoms with Gasteiger partial charge in [-0.1, -0.05) is 31.2 Å². The Bertz CT molecular complexity index is 507. The molecule has 102 valence electrons. The summed E-state index contributed by atoms with van der Waals surface area (Å²) in [7, 11) is 0. The lowest BCUT2D eigenvalue weighted by atomic mass is 9.82. The van der Waals surface area contributed by atoms with Crippen molar-refractivity contribution in [3.8, 4) is 5.75 Å². The molecular weight excluding hydrogens is 256 g/mol. The Balaban J connectivity index is 2.28. The van der Waals surface area contributed by atoms with E-state index in [1.54, 1.807) is 11.3 Å². The van der Waals surface area contributed by atoms with Crippen LogP contribution in [0, 0.1) is 0 Å². The fourth-order valence-electron chi connectivity index (χ4n) is 2.21. The van der Waals surface area contributed by atoms with Gasteiger partial charge in [0.05, 0.1) is 13.2 Å². The summed E-state index contributed by atoms with van der Waals surface area (Å²) < 4.78 is 5.67. The molecule has 0 fully saturated rings. The first-order chi connectivity index (χ1) is 9.19. The molecule has 0 aliphatic heterocycles. The van der Waals surface area contributed by atoms with Gasteiger partial charge in [-0.2, -0.15) is 0 Å². The Morgan fingerprint density at radius 2 is 2.00 bits per heavy atom. The Morgan fingerprint density at radius 3 is 2.63 bits per heavy atom. The Hall–Kier alpha value is -1.32. The second-order valence-corrected chi connectivity index (χ2v) is 5.86. The van der Waals surface area contributed by atoms with Gasteiger partial charge in [-0.05, 0) is 36.4 Å². The van der Waals surface area contributed by atoms with E-state index in [1.165, 1.54) is 4.88 Å². The Morgan fingerprint density at radius 1 is 1.21 bits per heavy atom. The SMILES string of the molecule is CCOc1ccccc1CC(C)(CO)c1cccs1. The first-order valence-electron chi connectivity index (χ1n) is 6.55. The molecule has 1 aromatic heterocycles. The molecular formula is C16H20O2S. The van der Waals surface area contributed by atoms with Crippen LogP contribution in [-0.2, 0) is 11.8 Å². The fourth-order valence-corrected chi connectivity index (χ4v) is 3.09. The van der Waals surface area contributed by atoms with E-state index in [1.807, 2.05) is 31.2 Å². The van der Waals surface area contributed by atoms with Crippen LogP contribution in [0.15, 0.2) is 41.8 Å². The van der Waals surface area contributed by atoms with E-state index < -0.39 is 0 Å². The van der Waals surface area contributed by atoms with Crippen molar-refractivity contribution in [2.75, 3.05) is 13.2 Å². The zero-order valence-corrected chi connectivity index (χ0v) is 12.2. The number of hydrogen-bond donors (Lipinski definition) is 1. The fraction of sp³-hybridized carbons (Fsp3) is 0.375. The van der Waals surface area contributed by atoms with Crippen LogP contribution in [0.4, 0.5) is 0 Å². The third-order valence-corrected chi connectivity index (χ3v) is 4.49. The summed E-state index contributed by atoms with van der Waals surface area (Å²) in [4.78, 5) is 1.21. The van der Waals surface area contributed by atoms with E-state index in [0.29, 0.717) is 6.61 Å². The highest BCUT2D eigenvalue weighted by Gasteiger charge is 2.28. The average Bonchev–Trinajstić information content (AvgIpc) is 2.96. The van der Waals surface area contributed by atoms with Crippen molar-refractivity contribution in [2.45, 2.75) is 25.7 Å². The predicted molar refractivity (Wildman–Crippen MR) is 80.1 cm³/mol. The zero-order valence-electron chi connectivity index (χ0n) is 11.4. The summed E-state index contributed by atoms with van der Waals surface area (Å²) in [6, 6.07) is 12.2. The largest absolute Gasteiger partial charge is 0.494 e. The highest BCUT2D eigenvalue weighted by Crippen LogP contribution is 2.33. The quantitative estimate of drug-likeness (QED) is 0.873. The molecule has 1 N–H and O–H groups in total. The van der Waals surface area contributed by atoms with Crippen LogP contribution >= 0.6 is 11.3 Å². The van der Waals surface area contributed by atoms with Gasteiger partial charge in [-0.15, -0.1) is 11.3 Å². The molecule has 0 aliphatic carbocycles. The van der Waals surface area contributed by atoms with Gasteiger partial charge in [0.25, 0.3) is 0 Å². The van der Waals surface area contributed by atoms with Gasteiger partial charge in [0, 0.05) is 10.3 Å². The first kappa shape index (κ1) is 14.1. The molecule has 19 heavy (non-hydrogen) atoms. The van der Waals surface area contributed by atoms with E-state index >= 15 is 0 Å². The number of thiophene rings is 1. The number of hydrogen-bond acceptors (Lipinski definition) is 3. The van der Waals surface area contributed by atoms with Gasteiger partial charge in [-0.3, -0.25) is 0 Å². The second-order valence-electron chi connectivity index (χ2n) is 4.91. The Kier molecular flexibility index (Phi) is 4.61. The summed E-state index contributed by atoms with van der Waals surface area (Å²) in [6.45, 7) is 4.88. The minimum atomic E-state index is -0.249. The lowest BCUT2D eigenvalue weighted by Crippen LogP contribution is -2.28. The van der Waals surface area contributed by atoms with E-state index in [4.69, 9.17) is 4.74 Å². The predicted octanol–water partition coefficient (Wildman–Crippen LogP) is 3.64. The van der Waals surface area contributed by atoms with Crippen molar-refractivity contribution < 1.29 is 9.84 Å². The van der Waals surface area contributed by atoms with Gasteiger partial charge in [0.2, 0.25) is 0 Å². The Labute approximate surface area is 118 Å². The number of rotatable bonds is 6. The molecule has 2 aromatic rings. The maximum absolute atomic E-state index is 9.81. The van der Waals surface area contributed by atoms with Gasteiger partial charge in [0.15, 0.2) is 0 Å². The van der Waals surface area contributed by atoms with Gasteiger partial charge < -0.3 is 9.84 Å². The molecule has 0 aliphatic rings. The van der Waals surface area contributed by atoms with Crippen LogP contribution in [0.1, 0.15) is 24.3 Å². The number of aliphatic hydroxyl groups excluding tert-OH is 1. The lowest BCUT2D eigenvalue weighted by Gasteiger charge is -2.27. The summed E-state index contributed by atoms with van der Waals surface area (Å²) >= 11 is 1.69. The smallest absolute Gasteiger partial charge is 0.122 e. The maximum Gasteiger partial charge on any atom is 0.122 e. The number of benzene rings is 1. The molecule has 1 atom stereocenters. The van der Waals surface area contributed by atoms with E-state index in [2.05, 4.69) is 24.4 Å². The zero-order chi connectivity index (χ0) is 13.7. The van der Waals surface area contributed by atoms with Crippen LogP contribution in [0.5, 0.6) is 5.75 Å². The third-order valence-electron chi connectivity index (χ3n) is 3.32. The van der Waals surface area contributed by atoms with Gasteiger partial charge in [-0.25, -0.2) is 0 Å². The standard InChI is InChI=1S/C16H20O2S/c1-3-18-14-8-5-4-7-13(14)11-16(2,12-17)15-9-6-10-19-15/h4-10,17H,3,11-12H2,1-2H3. The number of aliphatic hydroxyl groups is 1. The highest BCUT2D eigenvalue weighted by molar-refractivity contribution is 7.10. The topological polar surface area (TPSA) is 29.5 Å². The average molecular weight is 276 g/mol. The summed E-state index contributed by atoms with van der Waals surface area (Å²) in [6.07, 6.45) is 0.778. The number of para-hydroxylation sites is 1. The molecule has 1 heterocycles. The molecule has 0 spiro atoms. The van der Waals surface area contributed by atoms with E-state index in [9.17, 15) is 5.11 Å². The first-order valence-corrected chi connectivity index (χ1v) is 7.43. The summed E-state index contributed by atoms with van der Waals surface area (Å²) in [5.41, 5.74) is 0.899. The van der Waals surface area contributed by atoms with Crippen molar-refractivity contribution >= 4 is 11.3 Å². The molecule has 0 saturated heterocycles. The monoisotopic (exact) mass is 276 g/mol. The molecule has 1 unspecified atom stereocenters. The minimum absolute atomic E-state index is 0.133. The molecule has 2 rings (SSSR count).